The van der Waals surface area contributed by atoms with Crippen LogP contribution in [0.2, 0.25) is 0 Å². The SMILES string of the molecule is C=C[C@@](C)(O)[C@H]1COC(C)(C)N1C(=O)OC(C)(C)C. The molecule has 0 spiro atoms. The fraction of sp³-hybridized carbons (Fsp3) is 0.786. The second kappa shape index (κ2) is 4.80. The molecule has 0 radical (unpaired) electrons. The van der Waals surface area contributed by atoms with Crippen molar-refractivity contribution in [2.24, 2.45) is 0 Å². The minimum Gasteiger partial charge on any atom is -0.444 e. The average Bonchev–Trinajstić information content (AvgIpc) is 2.52. The number of aliphatic hydroxyl groups is 1. The Hall–Kier alpha value is -1.07. The van der Waals surface area contributed by atoms with Gasteiger partial charge in [0.2, 0.25) is 0 Å². The Morgan fingerprint density at radius 1 is 1.47 bits per heavy atom. The van der Waals surface area contributed by atoms with Gasteiger partial charge in [0, 0.05) is 0 Å². The van der Waals surface area contributed by atoms with E-state index in [0.717, 1.165) is 0 Å². The third kappa shape index (κ3) is 3.48. The van der Waals surface area contributed by atoms with E-state index in [-0.39, 0.29) is 6.61 Å². The van der Waals surface area contributed by atoms with Gasteiger partial charge < -0.3 is 14.6 Å². The number of nitrogens with zero attached hydrogens (tertiary/aromatic N) is 1. The molecule has 0 aromatic carbocycles. The van der Waals surface area contributed by atoms with Gasteiger partial charge >= 0.3 is 6.09 Å². The number of carbonyl (C=O) groups excluding carboxylic acids is 1. The zero-order valence-electron chi connectivity index (χ0n) is 12.7. The van der Waals surface area contributed by atoms with Gasteiger partial charge in [-0.1, -0.05) is 6.08 Å². The average molecular weight is 271 g/mol. The standard InChI is InChI=1S/C14H25NO4/c1-8-14(7,17)10-9-18-13(5,6)15(10)11(16)19-12(2,3)4/h8,10,17H,1,9H2,2-7H3/t10-,14-/m1/s1. The van der Waals surface area contributed by atoms with Crippen molar-refractivity contribution in [1.29, 1.82) is 0 Å². The zero-order valence-corrected chi connectivity index (χ0v) is 12.7. The molecule has 1 N–H and O–H groups in total. The van der Waals surface area contributed by atoms with Crippen molar-refractivity contribution in [3.63, 3.8) is 0 Å². The van der Waals surface area contributed by atoms with Crippen LogP contribution in [0, 0.1) is 0 Å². The molecule has 1 amide bonds. The summed E-state index contributed by atoms with van der Waals surface area (Å²) in [5.74, 6) is 0. The molecular formula is C14H25NO4. The highest BCUT2D eigenvalue weighted by molar-refractivity contribution is 5.70. The number of ether oxygens (including phenoxy) is 2. The summed E-state index contributed by atoms with van der Waals surface area (Å²) in [6, 6.07) is -0.519. The largest absolute Gasteiger partial charge is 0.444 e. The van der Waals surface area contributed by atoms with Crippen molar-refractivity contribution >= 4 is 6.09 Å². The molecule has 0 aliphatic carbocycles. The van der Waals surface area contributed by atoms with Gasteiger partial charge in [-0.25, -0.2) is 4.79 Å². The molecule has 110 valence electrons. The minimum atomic E-state index is -1.23. The Kier molecular flexibility index (Phi) is 4.04. The molecule has 5 nitrogen and oxygen atoms in total. The van der Waals surface area contributed by atoms with E-state index in [1.54, 1.807) is 41.5 Å². The van der Waals surface area contributed by atoms with E-state index in [9.17, 15) is 9.90 Å². The van der Waals surface area contributed by atoms with Crippen molar-refractivity contribution in [1.82, 2.24) is 4.90 Å². The normalized spacial score (nSPS) is 25.8. The Labute approximate surface area is 115 Å². The highest BCUT2D eigenvalue weighted by Gasteiger charge is 2.51. The topological polar surface area (TPSA) is 59.0 Å². The summed E-state index contributed by atoms with van der Waals surface area (Å²) < 4.78 is 11.0. The third-order valence-corrected chi connectivity index (χ3v) is 3.16. The lowest BCUT2D eigenvalue weighted by atomic mass is 9.96. The second-order valence-corrected chi connectivity index (χ2v) is 6.55. The van der Waals surface area contributed by atoms with Crippen LogP contribution in [-0.2, 0) is 9.47 Å². The van der Waals surface area contributed by atoms with Gasteiger partial charge in [-0.2, -0.15) is 0 Å². The smallest absolute Gasteiger partial charge is 0.413 e. The Morgan fingerprint density at radius 2 is 2.00 bits per heavy atom. The number of hydrogen-bond donors (Lipinski definition) is 1. The summed E-state index contributed by atoms with van der Waals surface area (Å²) in [5, 5.41) is 10.3. The van der Waals surface area contributed by atoms with Crippen molar-refractivity contribution in [3.8, 4) is 0 Å². The first-order chi connectivity index (χ1) is 8.41. The molecular weight excluding hydrogens is 246 g/mol. The fourth-order valence-corrected chi connectivity index (χ4v) is 2.03. The molecule has 1 rings (SSSR count). The molecule has 2 atom stereocenters. The van der Waals surface area contributed by atoms with Gasteiger partial charge in [-0.3, -0.25) is 4.90 Å². The van der Waals surface area contributed by atoms with Crippen LogP contribution >= 0.6 is 0 Å². The Morgan fingerprint density at radius 3 is 2.42 bits per heavy atom. The number of amides is 1. The van der Waals surface area contributed by atoms with Gasteiger partial charge in [0.15, 0.2) is 0 Å². The third-order valence-electron chi connectivity index (χ3n) is 3.16. The van der Waals surface area contributed by atoms with E-state index in [4.69, 9.17) is 9.47 Å². The van der Waals surface area contributed by atoms with E-state index in [2.05, 4.69) is 6.58 Å². The lowest BCUT2D eigenvalue weighted by Gasteiger charge is -2.39. The lowest BCUT2D eigenvalue weighted by molar-refractivity contribution is -0.0722. The van der Waals surface area contributed by atoms with E-state index in [1.165, 1.54) is 11.0 Å². The minimum absolute atomic E-state index is 0.241. The van der Waals surface area contributed by atoms with Crippen LogP contribution in [0.4, 0.5) is 4.79 Å². The summed E-state index contributed by atoms with van der Waals surface area (Å²) in [4.78, 5) is 13.8. The van der Waals surface area contributed by atoms with Crippen LogP contribution in [0.3, 0.4) is 0 Å². The molecule has 0 aromatic rings. The summed E-state index contributed by atoms with van der Waals surface area (Å²) in [6.45, 7) is 14.4. The monoisotopic (exact) mass is 271 g/mol. The molecule has 1 saturated heterocycles. The zero-order chi connectivity index (χ0) is 15.1. The maximum atomic E-state index is 12.3. The van der Waals surface area contributed by atoms with E-state index < -0.39 is 29.1 Å². The number of hydrogen-bond acceptors (Lipinski definition) is 4. The first-order valence-electron chi connectivity index (χ1n) is 6.43. The van der Waals surface area contributed by atoms with Crippen LogP contribution in [0.5, 0.6) is 0 Å². The summed E-state index contributed by atoms with van der Waals surface area (Å²) in [6.07, 6.45) is 0.918. The first-order valence-corrected chi connectivity index (χ1v) is 6.43. The predicted octanol–water partition coefficient (Wildman–Crippen LogP) is 2.30. The highest BCUT2D eigenvalue weighted by atomic mass is 16.6. The Balaban J connectivity index is 3.03. The Bertz CT molecular complexity index is 368. The van der Waals surface area contributed by atoms with Crippen molar-refractivity contribution in [3.05, 3.63) is 12.7 Å². The number of carbonyl (C=O) groups is 1. The molecule has 5 heteroatoms. The molecule has 1 heterocycles. The number of rotatable bonds is 2. The molecule has 1 aliphatic heterocycles. The van der Waals surface area contributed by atoms with Crippen LogP contribution < -0.4 is 0 Å². The quantitative estimate of drug-likeness (QED) is 0.783. The fourth-order valence-electron chi connectivity index (χ4n) is 2.03. The van der Waals surface area contributed by atoms with Crippen LogP contribution in [-0.4, -0.2) is 45.7 Å². The van der Waals surface area contributed by atoms with Gasteiger partial charge in [-0.15, -0.1) is 6.58 Å². The van der Waals surface area contributed by atoms with Gasteiger partial charge in [0.1, 0.15) is 16.9 Å². The van der Waals surface area contributed by atoms with Gasteiger partial charge in [-0.05, 0) is 41.5 Å². The lowest BCUT2D eigenvalue weighted by Crippen LogP contribution is -2.56. The maximum absolute atomic E-state index is 12.3. The predicted molar refractivity (Wildman–Crippen MR) is 72.7 cm³/mol. The van der Waals surface area contributed by atoms with Crippen LogP contribution in [0.1, 0.15) is 41.5 Å². The molecule has 1 fully saturated rings. The molecule has 1 aliphatic rings. The van der Waals surface area contributed by atoms with Crippen molar-refractivity contribution in [2.75, 3.05) is 6.61 Å². The van der Waals surface area contributed by atoms with E-state index in [0.29, 0.717) is 0 Å². The maximum Gasteiger partial charge on any atom is 0.413 e. The van der Waals surface area contributed by atoms with E-state index in [1.807, 2.05) is 0 Å². The summed E-state index contributed by atoms with van der Waals surface area (Å²) in [7, 11) is 0. The summed E-state index contributed by atoms with van der Waals surface area (Å²) >= 11 is 0. The molecule has 0 bridgehead atoms. The van der Waals surface area contributed by atoms with Crippen LogP contribution in [0.25, 0.3) is 0 Å². The van der Waals surface area contributed by atoms with Crippen molar-refractivity contribution < 1.29 is 19.4 Å². The molecule has 0 unspecified atom stereocenters. The van der Waals surface area contributed by atoms with Gasteiger partial charge in [0.25, 0.3) is 0 Å². The second-order valence-electron chi connectivity index (χ2n) is 6.55. The first kappa shape index (κ1) is 16.0. The van der Waals surface area contributed by atoms with E-state index >= 15 is 0 Å². The highest BCUT2D eigenvalue weighted by Crippen LogP contribution is 2.34. The molecule has 0 saturated carbocycles. The molecule has 0 aromatic heterocycles. The van der Waals surface area contributed by atoms with Crippen LogP contribution in [0.15, 0.2) is 12.7 Å². The summed E-state index contributed by atoms with van der Waals surface area (Å²) in [5.41, 5.74) is -2.65. The van der Waals surface area contributed by atoms with Crippen molar-refractivity contribution in [2.45, 2.75) is 64.5 Å². The van der Waals surface area contributed by atoms with Gasteiger partial charge in [0.05, 0.1) is 12.6 Å². The molecule has 19 heavy (non-hydrogen) atoms.